The number of hydrogen-bond acceptors (Lipinski definition) is 5. The zero-order valence-corrected chi connectivity index (χ0v) is 14.3. The minimum Gasteiger partial charge on any atom is -0.505 e. The Morgan fingerprint density at radius 1 is 1.00 bits per heavy atom. The zero-order chi connectivity index (χ0) is 18.1. The van der Waals surface area contributed by atoms with E-state index in [1.165, 1.54) is 12.1 Å². The number of rotatable bonds is 3. The second kappa shape index (κ2) is 6.49. The number of hydrogen-bond donors (Lipinski definition) is 3. The van der Waals surface area contributed by atoms with Crippen LogP contribution in [0.2, 0.25) is 0 Å². The molecular formula is C19H19FN4O. The maximum atomic E-state index is 13.2. The fourth-order valence-corrected chi connectivity index (χ4v) is 2.87. The van der Waals surface area contributed by atoms with Gasteiger partial charge >= 0.3 is 0 Å². The third-order valence-electron chi connectivity index (χ3n) is 4.09. The number of phenolic OH excluding ortho intramolecular Hbond substituents is 1. The second-order valence-corrected chi connectivity index (χ2v) is 6.08. The summed E-state index contributed by atoms with van der Waals surface area (Å²) in [6, 6.07) is 10.0. The quantitative estimate of drug-likeness (QED) is 0.344. The number of phenols is 1. The average molecular weight is 338 g/mol. The summed E-state index contributed by atoms with van der Waals surface area (Å²) in [4.78, 5) is 0. The Balaban J connectivity index is 2.16. The lowest BCUT2D eigenvalue weighted by Crippen LogP contribution is -2.07. The van der Waals surface area contributed by atoms with E-state index in [4.69, 9.17) is 5.84 Å². The number of nitrogen functional groups attached to an aromatic ring is 1. The lowest BCUT2D eigenvalue weighted by molar-refractivity contribution is 0.482. The Morgan fingerprint density at radius 2 is 1.76 bits per heavy atom. The van der Waals surface area contributed by atoms with Gasteiger partial charge in [0.25, 0.3) is 0 Å². The predicted molar refractivity (Wildman–Crippen MR) is 98.2 cm³/mol. The van der Waals surface area contributed by atoms with Crippen LogP contribution in [0.15, 0.2) is 46.6 Å². The van der Waals surface area contributed by atoms with Gasteiger partial charge in [0.1, 0.15) is 11.5 Å². The van der Waals surface area contributed by atoms with Crippen LogP contribution in [0, 0.1) is 26.6 Å². The molecule has 0 heterocycles. The number of halogens is 1. The first-order valence-electron chi connectivity index (χ1n) is 7.82. The van der Waals surface area contributed by atoms with Crippen LogP contribution in [0.25, 0.3) is 10.8 Å². The Kier molecular flexibility index (Phi) is 4.37. The molecule has 0 radical (unpaired) electrons. The van der Waals surface area contributed by atoms with Crippen molar-refractivity contribution < 1.29 is 9.50 Å². The third-order valence-corrected chi connectivity index (χ3v) is 4.09. The van der Waals surface area contributed by atoms with Crippen LogP contribution >= 0.6 is 0 Å². The molecule has 3 rings (SSSR count). The summed E-state index contributed by atoms with van der Waals surface area (Å²) >= 11 is 0. The van der Waals surface area contributed by atoms with Gasteiger partial charge < -0.3 is 10.5 Å². The molecule has 128 valence electrons. The van der Waals surface area contributed by atoms with Gasteiger partial charge in [-0.2, -0.15) is 5.11 Å². The second-order valence-electron chi connectivity index (χ2n) is 6.08. The topological polar surface area (TPSA) is 83.0 Å². The average Bonchev–Trinajstić information content (AvgIpc) is 2.55. The number of aromatic hydroxyl groups is 1. The van der Waals surface area contributed by atoms with Gasteiger partial charge in [0.2, 0.25) is 0 Å². The summed E-state index contributed by atoms with van der Waals surface area (Å²) in [6.45, 7) is 5.56. The molecule has 0 unspecified atom stereocenters. The number of hydrazine groups is 1. The van der Waals surface area contributed by atoms with E-state index in [0.29, 0.717) is 28.0 Å². The highest BCUT2D eigenvalue weighted by Gasteiger charge is 2.14. The Labute approximate surface area is 145 Å². The van der Waals surface area contributed by atoms with Crippen molar-refractivity contribution in [1.29, 1.82) is 0 Å². The third kappa shape index (κ3) is 3.16. The molecular weight excluding hydrogens is 319 g/mol. The summed E-state index contributed by atoms with van der Waals surface area (Å²) in [5, 5.41) is 20.5. The van der Waals surface area contributed by atoms with Gasteiger partial charge in [-0.3, -0.25) is 5.84 Å². The van der Waals surface area contributed by atoms with Crippen LogP contribution < -0.4 is 11.3 Å². The van der Waals surface area contributed by atoms with Gasteiger partial charge in [0.05, 0.1) is 16.8 Å². The molecule has 0 bridgehead atoms. The van der Waals surface area contributed by atoms with Gasteiger partial charge in [0.15, 0.2) is 5.75 Å². The van der Waals surface area contributed by atoms with E-state index in [1.807, 2.05) is 32.0 Å². The molecule has 0 fully saturated rings. The van der Waals surface area contributed by atoms with E-state index >= 15 is 0 Å². The van der Waals surface area contributed by atoms with Gasteiger partial charge in [-0.15, -0.1) is 5.11 Å². The molecule has 6 heteroatoms. The van der Waals surface area contributed by atoms with Gasteiger partial charge in [-0.25, -0.2) is 4.39 Å². The van der Waals surface area contributed by atoms with Crippen molar-refractivity contribution in [2.24, 2.45) is 16.1 Å². The van der Waals surface area contributed by atoms with Crippen molar-refractivity contribution in [3.05, 3.63) is 58.9 Å². The molecule has 0 saturated heterocycles. The van der Waals surface area contributed by atoms with E-state index < -0.39 is 0 Å². The molecule has 0 aliphatic heterocycles. The van der Waals surface area contributed by atoms with Crippen LogP contribution in [0.5, 0.6) is 5.75 Å². The van der Waals surface area contributed by atoms with Crippen LogP contribution in [0.3, 0.4) is 0 Å². The molecule has 25 heavy (non-hydrogen) atoms. The summed E-state index contributed by atoms with van der Waals surface area (Å²) in [6.07, 6.45) is 0. The number of nitrogens with one attached hydrogen (secondary N) is 1. The smallest absolute Gasteiger partial charge is 0.153 e. The molecule has 5 nitrogen and oxygen atoms in total. The first kappa shape index (κ1) is 16.9. The van der Waals surface area contributed by atoms with E-state index in [2.05, 4.69) is 15.7 Å². The minimum absolute atomic E-state index is 0.00599. The van der Waals surface area contributed by atoms with E-state index in [9.17, 15) is 9.50 Å². The highest BCUT2D eigenvalue weighted by molar-refractivity contribution is 6.02. The van der Waals surface area contributed by atoms with Crippen molar-refractivity contribution in [2.45, 2.75) is 20.8 Å². The summed E-state index contributed by atoms with van der Waals surface area (Å²) in [5.41, 5.74) is 6.60. The standard InChI is InChI=1S/C19H19FN4O/c1-10-6-13-8-12(3)18(19(25)17(13)16(7-10)22-21)24-23-15-5-4-14(20)9-11(15)2/h4-9,22,25H,21H2,1-3H3. The minimum atomic E-state index is -0.324. The molecule has 0 aliphatic rings. The normalized spacial score (nSPS) is 11.4. The van der Waals surface area contributed by atoms with Gasteiger partial charge in [-0.05, 0) is 73.2 Å². The number of benzene rings is 3. The fourth-order valence-electron chi connectivity index (χ4n) is 2.87. The summed E-state index contributed by atoms with van der Waals surface area (Å²) in [7, 11) is 0. The molecule has 0 aliphatic carbocycles. The SMILES string of the molecule is Cc1cc(NN)c2c(O)c(N=Nc3ccc(F)cc3C)c(C)cc2c1. The largest absolute Gasteiger partial charge is 0.505 e. The maximum Gasteiger partial charge on any atom is 0.153 e. The molecule has 0 saturated carbocycles. The number of nitrogens with two attached hydrogens (primary N) is 1. The van der Waals surface area contributed by atoms with E-state index in [-0.39, 0.29) is 11.6 Å². The van der Waals surface area contributed by atoms with Crippen molar-refractivity contribution in [3.8, 4) is 5.75 Å². The van der Waals surface area contributed by atoms with Crippen molar-refractivity contribution >= 4 is 27.8 Å². The van der Waals surface area contributed by atoms with Crippen molar-refractivity contribution in [1.82, 2.24) is 0 Å². The highest BCUT2D eigenvalue weighted by atomic mass is 19.1. The fraction of sp³-hybridized carbons (Fsp3) is 0.158. The van der Waals surface area contributed by atoms with Crippen molar-refractivity contribution in [2.75, 3.05) is 5.43 Å². The molecule has 3 aromatic rings. The highest BCUT2D eigenvalue weighted by Crippen LogP contribution is 2.42. The predicted octanol–water partition coefficient (Wildman–Crippen LogP) is 5.31. The number of fused-ring (bicyclic) bond motifs is 1. The number of nitrogens with zero attached hydrogens (tertiary/aromatic N) is 2. The molecule has 0 aromatic heterocycles. The summed E-state index contributed by atoms with van der Waals surface area (Å²) in [5.74, 6) is 5.27. The van der Waals surface area contributed by atoms with Crippen LogP contribution in [0.1, 0.15) is 16.7 Å². The Bertz CT molecular complexity index is 999. The molecule has 0 spiro atoms. The van der Waals surface area contributed by atoms with Gasteiger partial charge in [0, 0.05) is 0 Å². The van der Waals surface area contributed by atoms with Crippen LogP contribution in [-0.4, -0.2) is 5.11 Å². The van der Waals surface area contributed by atoms with Crippen molar-refractivity contribution in [3.63, 3.8) is 0 Å². The summed E-state index contributed by atoms with van der Waals surface area (Å²) < 4.78 is 13.2. The molecule has 3 aromatic carbocycles. The molecule has 4 N–H and O–H groups in total. The van der Waals surface area contributed by atoms with E-state index in [1.54, 1.807) is 13.0 Å². The number of anilines is 1. The first-order chi connectivity index (χ1) is 11.9. The maximum absolute atomic E-state index is 13.2. The van der Waals surface area contributed by atoms with Crippen LogP contribution in [-0.2, 0) is 0 Å². The van der Waals surface area contributed by atoms with Crippen LogP contribution in [0.4, 0.5) is 21.5 Å². The lowest BCUT2D eigenvalue weighted by atomic mass is 10.0. The monoisotopic (exact) mass is 338 g/mol. The lowest BCUT2D eigenvalue weighted by Gasteiger charge is -2.12. The zero-order valence-electron chi connectivity index (χ0n) is 14.3. The molecule has 0 atom stereocenters. The molecule has 0 amide bonds. The number of aryl methyl sites for hydroxylation is 3. The Hall–Kier alpha value is -2.99. The van der Waals surface area contributed by atoms with Gasteiger partial charge in [-0.1, -0.05) is 6.07 Å². The first-order valence-corrected chi connectivity index (χ1v) is 7.82. The number of azo groups is 1. The van der Waals surface area contributed by atoms with E-state index in [0.717, 1.165) is 16.5 Å². The Morgan fingerprint density at radius 3 is 2.44 bits per heavy atom.